The van der Waals surface area contributed by atoms with E-state index in [1.54, 1.807) is 0 Å². The summed E-state index contributed by atoms with van der Waals surface area (Å²) in [4.78, 5) is 10.0. The fraction of sp³-hybridized carbons (Fsp3) is 0.250. The maximum atomic E-state index is 10.0. The minimum atomic E-state index is 0.120. The first kappa shape index (κ1) is 9.77. The van der Waals surface area contributed by atoms with Crippen LogP contribution in [0.15, 0.2) is 24.3 Å². The van der Waals surface area contributed by atoms with Crippen molar-refractivity contribution in [3.8, 4) is 5.75 Å². The van der Waals surface area contributed by atoms with E-state index in [4.69, 9.17) is 4.74 Å². The molecule has 1 aliphatic heterocycles. The van der Waals surface area contributed by atoms with Crippen LogP contribution in [0.4, 0.5) is 0 Å². The van der Waals surface area contributed by atoms with E-state index in [0.29, 0.717) is 13.1 Å². The molecular formula is C12H12O3. The van der Waals surface area contributed by atoms with Crippen LogP contribution in [0, 0.1) is 0 Å². The van der Waals surface area contributed by atoms with Crippen molar-refractivity contribution in [2.45, 2.75) is 19.6 Å². The molecule has 0 bridgehead atoms. The molecule has 0 radical (unpaired) electrons. The summed E-state index contributed by atoms with van der Waals surface area (Å²) < 4.78 is 10.3. The minimum absolute atomic E-state index is 0.120. The molecule has 0 saturated carbocycles. The highest BCUT2D eigenvalue weighted by Gasteiger charge is 2.10. The van der Waals surface area contributed by atoms with E-state index in [2.05, 4.69) is 4.74 Å². The first-order chi connectivity index (χ1) is 7.29. The highest BCUT2D eigenvalue weighted by atomic mass is 16.5. The van der Waals surface area contributed by atoms with Gasteiger partial charge in [0.05, 0.1) is 0 Å². The molecule has 0 fully saturated rings. The number of carbonyl (C=O) groups excluding carboxylic acids is 1. The quantitative estimate of drug-likeness (QED) is 0.708. The smallest absolute Gasteiger partial charge is 0.293 e. The average Bonchev–Trinajstić information content (AvgIpc) is 2.26. The van der Waals surface area contributed by atoms with Crippen molar-refractivity contribution in [3.63, 3.8) is 0 Å². The van der Waals surface area contributed by atoms with Crippen LogP contribution in [-0.2, 0) is 16.1 Å². The van der Waals surface area contributed by atoms with Gasteiger partial charge in [0.2, 0.25) is 0 Å². The summed E-state index contributed by atoms with van der Waals surface area (Å²) in [7, 11) is 0. The molecule has 1 atom stereocenters. The van der Waals surface area contributed by atoms with E-state index in [-0.39, 0.29) is 6.10 Å². The Morgan fingerprint density at radius 3 is 3.20 bits per heavy atom. The largest absolute Gasteiger partial charge is 0.486 e. The van der Waals surface area contributed by atoms with Crippen LogP contribution in [0.1, 0.15) is 18.1 Å². The Kier molecular flexibility index (Phi) is 2.72. The number of benzene rings is 1. The molecule has 3 nitrogen and oxygen atoms in total. The molecule has 3 heteroatoms. The van der Waals surface area contributed by atoms with Gasteiger partial charge in [-0.2, -0.15) is 0 Å². The third-order valence-corrected chi connectivity index (χ3v) is 2.25. The van der Waals surface area contributed by atoms with Gasteiger partial charge in [0.1, 0.15) is 18.5 Å². The lowest BCUT2D eigenvalue weighted by atomic mass is 10.1. The summed E-state index contributed by atoms with van der Waals surface area (Å²) in [5.74, 6) is 0.875. The number of rotatable bonds is 3. The monoisotopic (exact) mass is 204 g/mol. The molecular weight excluding hydrogens is 192 g/mol. The van der Waals surface area contributed by atoms with E-state index >= 15 is 0 Å². The molecule has 0 saturated heterocycles. The van der Waals surface area contributed by atoms with Gasteiger partial charge in [-0.1, -0.05) is 12.1 Å². The molecule has 0 aromatic heterocycles. The molecule has 15 heavy (non-hydrogen) atoms. The summed E-state index contributed by atoms with van der Waals surface area (Å²) in [6, 6.07) is 5.76. The highest BCUT2D eigenvalue weighted by molar-refractivity contribution is 5.60. The van der Waals surface area contributed by atoms with E-state index in [0.717, 1.165) is 16.9 Å². The standard InChI is InChI=1S/C12H12O3/c1-9-2-4-11-6-10(7-14-8-13)3-5-12(11)15-9/h2-6,8-9H,7H2,1H3. The van der Waals surface area contributed by atoms with Crippen molar-refractivity contribution in [2.24, 2.45) is 0 Å². The average molecular weight is 204 g/mol. The minimum Gasteiger partial charge on any atom is -0.486 e. The molecule has 2 rings (SSSR count). The van der Waals surface area contributed by atoms with E-state index in [9.17, 15) is 4.79 Å². The van der Waals surface area contributed by atoms with Crippen LogP contribution in [0.3, 0.4) is 0 Å². The van der Waals surface area contributed by atoms with Crippen molar-refractivity contribution in [3.05, 3.63) is 35.4 Å². The zero-order valence-corrected chi connectivity index (χ0v) is 8.47. The van der Waals surface area contributed by atoms with Gasteiger partial charge in [-0.15, -0.1) is 0 Å². The normalized spacial score (nSPS) is 17.8. The van der Waals surface area contributed by atoms with E-state index in [1.807, 2.05) is 37.3 Å². The third kappa shape index (κ3) is 2.18. The molecule has 0 aliphatic carbocycles. The molecule has 0 N–H and O–H groups in total. The van der Waals surface area contributed by atoms with Gasteiger partial charge in [-0.3, -0.25) is 4.79 Å². The van der Waals surface area contributed by atoms with Gasteiger partial charge in [0.25, 0.3) is 6.47 Å². The SMILES string of the molecule is CC1C=Cc2cc(COC=O)ccc2O1. The zero-order chi connectivity index (χ0) is 10.7. The number of ether oxygens (including phenoxy) is 2. The lowest BCUT2D eigenvalue weighted by molar-refractivity contribution is -0.129. The lowest BCUT2D eigenvalue weighted by Gasteiger charge is -2.18. The van der Waals surface area contributed by atoms with Crippen molar-refractivity contribution in [1.82, 2.24) is 0 Å². The van der Waals surface area contributed by atoms with Crippen LogP contribution in [0.5, 0.6) is 5.75 Å². The fourth-order valence-corrected chi connectivity index (χ4v) is 1.53. The van der Waals surface area contributed by atoms with E-state index in [1.165, 1.54) is 0 Å². The Balaban J connectivity index is 2.21. The Hall–Kier alpha value is -1.77. The maximum absolute atomic E-state index is 10.0. The summed E-state index contributed by atoms with van der Waals surface area (Å²) in [5, 5.41) is 0. The summed E-state index contributed by atoms with van der Waals surface area (Å²) in [5.41, 5.74) is 1.99. The summed E-state index contributed by atoms with van der Waals surface area (Å²) in [6.45, 7) is 2.75. The van der Waals surface area contributed by atoms with Crippen LogP contribution >= 0.6 is 0 Å². The van der Waals surface area contributed by atoms with Crippen molar-refractivity contribution in [2.75, 3.05) is 0 Å². The predicted octanol–water partition coefficient (Wildman–Crippen LogP) is 2.15. The van der Waals surface area contributed by atoms with Gasteiger partial charge in [0.15, 0.2) is 0 Å². The Morgan fingerprint density at radius 1 is 1.53 bits per heavy atom. The van der Waals surface area contributed by atoms with Crippen LogP contribution in [0.25, 0.3) is 6.08 Å². The molecule has 1 aliphatic rings. The van der Waals surface area contributed by atoms with Gasteiger partial charge in [-0.05, 0) is 30.7 Å². The van der Waals surface area contributed by atoms with Crippen molar-refractivity contribution in [1.29, 1.82) is 0 Å². The highest BCUT2D eigenvalue weighted by Crippen LogP contribution is 2.26. The fourth-order valence-electron chi connectivity index (χ4n) is 1.53. The molecule has 1 aromatic carbocycles. The number of hydrogen-bond donors (Lipinski definition) is 0. The number of carbonyl (C=O) groups is 1. The van der Waals surface area contributed by atoms with Crippen molar-refractivity contribution >= 4 is 12.5 Å². The number of hydrogen-bond acceptors (Lipinski definition) is 3. The molecule has 0 spiro atoms. The topological polar surface area (TPSA) is 35.5 Å². The van der Waals surface area contributed by atoms with Gasteiger partial charge in [0, 0.05) is 5.56 Å². The molecule has 1 aromatic rings. The Morgan fingerprint density at radius 2 is 2.40 bits per heavy atom. The second-order valence-corrected chi connectivity index (χ2v) is 3.46. The van der Waals surface area contributed by atoms with Crippen LogP contribution < -0.4 is 4.74 Å². The van der Waals surface area contributed by atoms with E-state index < -0.39 is 0 Å². The third-order valence-electron chi connectivity index (χ3n) is 2.25. The molecule has 0 amide bonds. The first-order valence-corrected chi connectivity index (χ1v) is 4.82. The second-order valence-electron chi connectivity index (χ2n) is 3.46. The van der Waals surface area contributed by atoms with Crippen LogP contribution in [-0.4, -0.2) is 12.6 Å². The zero-order valence-electron chi connectivity index (χ0n) is 8.47. The Bertz CT molecular complexity index is 396. The van der Waals surface area contributed by atoms with Gasteiger partial charge >= 0.3 is 0 Å². The lowest BCUT2D eigenvalue weighted by Crippen LogP contribution is -2.12. The molecule has 1 unspecified atom stereocenters. The Labute approximate surface area is 88.3 Å². The molecule has 78 valence electrons. The number of fused-ring (bicyclic) bond motifs is 1. The van der Waals surface area contributed by atoms with Gasteiger partial charge < -0.3 is 9.47 Å². The van der Waals surface area contributed by atoms with Crippen LogP contribution in [0.2, 0.25) is 0 Å². The first-order valence-electron chi connectivity index (χ1n) is 4.82. The second kappa shape index (κ2) is 4.17. The summed E-state index contributed by atoms with van der Waals surface area (Å²) >= 11 is 0. The molecule has 1 heterocycles. The summed E-state index contributed by atoms with van der Waals surface area (Å²) in [6.07, 6.45) is 4.13. The maximum Gasteiger partial charge on any atom is 0.293 e. The van der Waals surface area contributed by atoms with Gasteiger partial charge in [-0.25, -0.2) is 0 Å². The predicted molar refractivity (Wildman–Crippen MR) is 56.4 cm³/mol. The van der Waals surface area contributed by atoms with Crippen molar-refractivity contribution < 1.29 is 14.3 Å².